The number of amides is 3. The van der Waals surface area contributed by atoms with Crippen molar-refractivity contribution in [2.45, 2.75) is 63.3 Å². The van der Waals surface area contributed by atoms with Gasteiger partial charge in [-0.25, -0.2) is 13.2 Å². The van der Waals surface area contributed by atoms with E-state index in [1.165, 1.54) is 0 Å². The lowest BCUT2D eigenvalue weighted by atomic mass is 10.00. The Labute approximate surface area is 202 Å². The molecule has 0 fully saturated rings. The standard InChI is InChI=1S/C26H33N3O4S/c1-4-5-6-7-8-15-34(32,33)21-10-12-24-19(16-21)13-14-29(24)25(30)20-9-11-22-18(2)28(3)26(31)27-23(22)17-20/h9-12,16-18H,4-8,13-15H2,1-3H3,(H,27,31). The molecule has 8 heteroatoms. The number of rotatable bonds is 8. The minimum absolute atomic E-state index is 0.0765. The molecule has 1 atom stereocenters. The molecule has 1 unspecified atom stereocenters. The van der Waals surface area contributed by atoms with E-state index in [4.69, 9.17) is 0 Å². The minimum Gasteiger partial charge on any atom is -0.321 e. The summed E-state index contributed by atoms with van der Waals surface area (Å²) in [5.74, 6) is 0.000913. The number of anilines is 2. The molecule has 0 saturated carbocycles. The van der Waals surface area contributed by atoms with Crippen LogP contribution in [0.5, 0.6) is 0 Å². The number of unbranched alkanes of at least 4 members (excludes halogenated alkanes) is 4. The van der Waals surface area contributed by atoms with Crippen molar-refractivity contribution in [3.63, 3.8) is 0 Å². The van der Waals surface area contributed by atoms with Gasteiger partial charge in [0.25, 0.3) is 5.91 Å². The summed E-state index contributed by atoms with van der Waals surface area (Å²) < 4.78 is 25.6. The summed E-state index contributed by atoms with van der Waals surface area (Å²) in [6.45, 7) is 4.59. The Kier molecular flexibility index (Phi) is 6.98. The zero-order valence-electron chi connectivity index (χ0n) is 20.1. The first-order valence-corrected chi connectivity index (χ1v) is 13.7. The minimum atomic E-state index is -3.33. The molecule has 0 aromatic heterocycles. The number of sulfone groups is 1. The molecule has 182 valence electrons. The van der Waals surface area contributed by atoms with E-state index in [9.17, 15) is 18.0 Å². The number of nitrogens with one attached hydrogen (secondary N) is 1. The maximum Gasteiger partial charge on any atom is 0.322 e. The molecule has 0 saturated heterocycles. The molecular weight excluding hydrogens is 450 g/mol. The highest BCUT2D eigenvalue weighted by atomic mass is 32.2. The third-order valence-electron chi connectivity index (χ3n) is 6.96. The first-order valence-electron chi connectivity index (χ1n) is 12.1. The van der Waals surface area contributed by atoms with Gasteiger partial charge in [-0.3, -0.25) is 4.79 Å². The molecule has 0 bridgehead atoms. The molecule has 0 aliphatic carbocycles. The first-order chi connectivity index (χ1) is 16.2. The molecule has 2 heterocycles. The molecule has 34 heavy (non-hydrogen) atoms. The molecule has 4 rings (SSSR count). The van der Waals surface area contributed by atoms with Gasteiger partial charge in [0.05, 0.1) is 16.7 Å². The lowest BCUT2D eigenvalue weighted by Gasteiger charge is -2.32. The van der Waals surface area contributed by atoms with Crippen molar-refractivity contribution >= 4 is 33.2 Å². The van der Waals surface area contributed by atoms with Crippen LogP contribution < -0.4 is 10.2 Å². The van der Waals surface area contributed by atoms with E-state index < -0.39 is 9.84 Å². The van der Waals surface area contributed by atoms with Crippen LogP contribution in [-0.2, 0) is 16.3 Å². The Bertz CT molecular complexity index is 1210. The largest absolute Gasteiger partial charge is 0.322 e. The molecule has 0 spiro atoms. The zero-order chi connectivity index (χ0) is 24.5. The highest BCUT2D eigenvalue weighted by molar-refractivity contribution is 7.91. The number of urea groups is 1. The van der Waals surface area contributed by atoms with Crippen LogP contribution in [0.25, 0.3) is 0 Å². The van der Waals surface area contributed by atoms with E-state index in [-0.39, 0.29) is 23.7 Å². The van der Waals surface area contributed by atoms with E-state index in [1.807, 2.05) is 13.0 Å². The first kappa shape index (κ1) is 24.3. The van der Waals surface area contributed by atoms with Gasteiger partial charge in [-0.1, -0.05) is 38.7 Å². The van der Waals surface area contributed by atoms with Gasteiger partial charge in [0.1, 0.15) is 0 Å². The van der Waals surface area contributed by atoms with Gasteiger partial charge in [-0.15, -0.1) is 0 Å². The number of nitrogens with zero attached hydrogens (tertiary/aromatic N) is 2. The van der Waals surface area contributed by atoms with Crippen molar-refractivity contribution in [1.29, 1.82) is 0 Å². The van der Waals surface area contributed by atoms with Crippen LogP contribution in [0.2, 0.25) is 0 Å². The van der Waals surface area contributed by atoms with Crippen LogP contribution in [0.1, 0.15) is 73.5 Å². The van der Waals surface area contributed by atoms with Gasteiger partial charge in [0.2, 0.25) is 0 Å². The number of hydrogen-bond acceptors (Lipinski definition) is 4. The van der Waals surface area contributed by atoms with E-state index in [1.54, 1.807) is 47.2 Å². The Morgan fingerprint density at radius 1 is 1.09 bits per heavy atom. The predicted molar refractivity (Wildman–Crippen MR) is 134 cm³/mol. The molecule has 2 aliphatic heterocycles. The second-order valence-corrected chi connectivity index (χ2v) is 11.4. The summed E-state index contributed by atoms with van der Waals surface area (Å²) in [5.41, 5.74) is 3.74. The van der Waals surface area contributed by atoms with E-state index in [0.717, 1.165) is 42.5 Å². The fourth-order valence-corrected chi connectivity index (χ4v) is 6.12. The predicted octanol–water partition coefficient (Wildman–Crippen LogP) is 5.17. The maximum absolute atomic E-state index is 13.3. The van der Waals surface area contributed by atoms with E-state index in [0.29, 0.717) is 35.5 Å². The number of fused-ring (bicyclic) bond motifs is 2. The zero-order valence-corrected chi connectivity index (χ0v) is 21.0. The molecule has 0 radical (unpaired) electrons. The van der Waals surface area contributed by atoms with Crippen LogP contribution in [0.4, 0.5) is 16.2 Å². The number of carbonyl (C=O) groups excluding carboxylic acids is 2. The van der Waals surface area contributed by atoms with Gasteiger partial charge in [0.15, 0.2) is 9.84 Å². The summed E-state index contributed by atoms with van der Waals surface area (Å²) in [5, 5.41) is 2.85. The van der Waals surface area contributed by atoms with Crippen molar-refractivity contribution in [2.75, 3.05) is 29.6 Å². The Morgan fingerprint density at radius 2 is 1.85 bits per heavy atom. The number of hydrogen-bond donors (Lipinski definition) is 1. The quantitative estimate of drug-likeness (QED) is 0.525. The second kappa shape index (κ2) is 9.78. The van der Waals surface area contributed by atoms with E-state index in [2.05, 4.69) is 12.2 Å². The molecule has 1 N–H and O–H groups in total. The fraction of sp³-hybridized carbons (Fsp3) is 0.462. The van der Waals surface area contributed by atoms with Gasteiger partial charge >= 0.3 is 6.03 Å². The van der Waals surface area contributed by atoms with Gasteiger partial charge in [-0.05, 0) is 61.2 Å². The van der Waals surface area contributed by atoms with Crippen LogP contribution in [0.15, 0.2) is 41.3 Å². The number of benzene rings is 2. The topological polar surface area (TPSA) is 86.8 Å². The lowest BCUT2D eigenvalue weighted by molar-refractivity contribution is 0.0989. The van der Waals surface area contributed by atoms with Crippen LogP contribution in [-0.4, -0.2) is 44.6 Å². The van der Waals surface area contributed by atoms with Gasteiger partial charge in [-0.2, -0.15) is 0 Å². The molecule has 7 nitrogen and oxygen atoms in total. The summed E-state index contributed by atoms with van der Waals surface area (Å²) in [6.07, 6.45) is 5.54. The van der Waals surface area contributed by atoms with Crippen molar-refractivity contribution in [2.24, 2.45) is 0 Å². The maximum atomic E-state index is 13.3. The van der Waals surface area contributed by atoms with Crippen LogP contribution in [0, 0.1) is 0 Å². The Hall–Kier alpha value is -2.87. The summed E-state index contributed by atoms with van der Waals surface area (Å²) in [6, 6.07) is 10.2. The lowest BCUT2D eigenvalue weighted by Crippen LogP contribution is -2.38. The normalized spacial score (nSPS) is 17.4. The monoisotopic (exact) mass is 483 g/mol. The summed E-state index contributed by atoms with van der Waals surface area (Å²) in [7, 11) is -1.59. The average Bonchev–Trinajstić information content (AvgIpc) is 3.25. The van der Waals surface area contributed by atoms with Crippen LogP contribution in [0.3, 0.4) is 0 Å². The Morgan fingerprint density at radius 3 is 2.62 bits per heavy atom. The van der Waals surface area contributed by atoms with E-state index >= 15 is 0 Å². The fourth-order valence-electron chi connectivity index (χ4n) is 4.70. The number of carbonyl (C=O) groups is 2. The molecular formula is C26H33N3O4S. The second-order valence-electron chi connectivity index (χ2n) is 9.25. The highest BCUT2D eigenvalue weighted by Crippen LogP contribution is 2.35. The summed E-state index contributed by atoms with van der Waals surface area (Å²) in [4.78, 5) is 29.1. The average molecular weight is 484 g/mol. The van der Waals surface area contributed by atoms with Gasteiger partial charge in [0, 0.05) is 30.5 Å². The third-order valence-corrected chi connectivity index (χ3v) is 8.76. The van der Waals surface area contributed by atoms with Crippen molar-refractivity contribution in [3.05, 3.63) is 53.1 Å². The SMILES string of the molecule is CCCCCCCS(=O)(=O)c1ccc2c(c1)CCN2C(=O)c1ccc2c(c1)NC(=O)N(C)C2C. The molecule has 3 amide bonds. The van der Waals surface area contributed by atoms with Crippen LogP contribution >= 0.6 is 0 Å². The van der Waals surface area contributed by atoms with Gasteiger partial charge < -0.3 is 15.1 Å². The molecule has 2 aliphatic rings. The molecule has 2 aromatic carbocycles. The van der Waals surface area contributed by atoms with Crippen molar-refractivity contribution in [3.8, 4) is 0 Å². The van der Waals surface area contributed by atoms with Crippen molar-refractivity contribution in [1.82, 2.24) is 4.90 Å². The van der Waals surface area contributed by atoms with Crippen molar-refractivity contribution < 1.29 is 18.0 Å². The summed E-state index contributed by atoms with van der Waals surface area (Å²) >= 11 is 0. The highest BCUT2D eigenvalue weighted by Gasteiger charge is 2.30. The molecule has 2 aromatic rings. The Balaban J connectivity index is 1.50. The smallest absolute Gasteiger partial charge is 0.321 e. The third kappa shape index (κ3) is 4.69.